The van der Waals surface area contributed by atoms with Crippen molar-refractivity contribution in [1.29, 1.82) is 0 Å². The van der Waals surface area contributed by atoms with Gasteiger partial charge in [0.1, 0.15) is 5.52 Å². The van der Waals surface area contributed by atoms with Crippen LogP contribution in [0.5, 0.6) is 0 Å². The number of amides is 1. The number of aromatic nitrogens is 3. The molecule has 0 spiro atoms. The predicted molar refractivity (Wildman–Crippen MR) is 102 cm³/mol. The lowest BCUT2D eigenvalue weighted by atomic mass is 10.1. The first kappa shape index (κ1) is 18.3. The quantitative estimate of drug-likeness (QED) is 0.734. The van der Waals surface area contributed by atoms with Gasteiger partial charge in [-0.25, -0.2) is 13.5 Å². The number of anilines is 1. The van der Waals surface area contributed by atoms with Gasteiger partial charge in [-0.15, -0.1) is 5.10 Å². The van der Waals surface area contributed by atoms with Gasteiger partial charge in [-0.05, 0) is 49.6 Å². The molecule has 1 atom stereocenters. The zero-order valence-corrected chi connectivity index (χ0v) is 15.5. The topological polar surface area (TPSA) is 63.1 Å². The van der Waals surface area contributed by atoms with E-state index in [1.165, 1.54) is 6.07 Å². The Morgan fingerprint density at radius 2 is 2.07 bits per heavy atom. The van der Waals surface area contributed by atoms with E-state index in [1.807, 2.05) is 17.9 Å². The van der Waals surface area contributed by atoms with Crippen LogP contribution in [0.4, 0.5) is 14.5 Å². The number of fused-ring (bicyclic) bond motifs is 1. The van der Waals surface area contributed by atoms with Crippen LogP contribution in [0.2, 0.25) is 0 Å². The van der Waals surface area contributed by atoms with Crippen LogP contribution in [0.1, 0.15) is 23.7 Å². The highest BCUT2D eigenvalue weighted by Gasteiger charge is 2.24. The summed E-state index contributed by atoms with van der Waals surface area (Å²) in [6.45, 7) is 4.67. The molecule has 2 heterocycles. The molecule has 1 saturated heterocycles. The lowest BCUT2D eigenvalue weighted by molar-refractivity contribution is 0.0948. The van der Waals surface area contributed by atoms with Crippen LogP contribution in [-0.2, 0) is 6.54 Å². The van der Waals surface area contributed by atoms with Crippen LogP contribution in [-0.4, -0.2) is 40.5 Å². The van der Waals surface area contributed by atoms with Crippen molar-refractivity contribution in [2.75, 3.05) is 24.5 Å². The van der Waals surface area contributed by atoms with Crippen molar-refractivity contribution in [3.05, 3.63) is 53.6 Å². The molecule has 1 amide bonds. The number of halogens is 2. The minimum absolute atomic E-state index is 0.153. The van der Waals surface area contributed by atoms with E-state index in [4.69, 9.17) is 0 Å². The highest BCUT2D eigenvalue weighted by Crippen LogP contribution is 2.25. The van der Waals surface area contributed by atoms with E-state index >= 15 is 0 Å². The number of nitrogens with zero attached hydrogens (tertiary/aromatic N) is 4. The van der Waals surface area contributed by atoms with Gasteiger partial charge in [-0.3, -0.25) is 4.79 Å². The molecular formula is C20H21F2N5O. The van der Waals surface area contributed by atoms with Crippen molar-refractivity contribution >= 4 is 22.6 Å². The van der Waals surface area contributed by atoms with Gasteiger partial charge in [0.15, 0.2) is 11.6 Å². The fraction of sp³-hybridized carbons (Fsp3) is 0.350. The van der Waals surface area contributed by atoms with E-state index in [9.17, 15) is 13.6 Å². The molecule has 6 nitrogen and oxygen atoms in total. The summed E-state index contributed by atoms with van der Waals surface area (Å²) in [5, 5.41) is 11.1. The van der Waals surface area contributed by atoms with Gasteiger partial charge in [0.25, 0.3) is 5.91 Å². The van der Waals surface area contributed by atoms with Crippen LogP contribution in [0, 0.1) is 17.6 Å². The van der Waals surface area contributed by atoms with Crippen molar-refractivity contribution in [3.8, 4) is 0 Å². The maximum atomic E-state index is 13.4. The summed E-state index contributed by atoms with van der Waals surface area (Å²) in [5.41, 5.74) is 2.81. The second-order valence-electron chi connectivity index (χ2n) is 7.02. The van der Waals surface area contributed by atoms with Gasteiger partial charge in [0.05, 0.1) is 5.52 Å². The van der Waals surface area contributed by atoms with Crippen LogP contribution in [0.3, 0.4) is 0 Å². The maximum absolute atomic E-state index is 13.4. The van der Waals surface area contributed by atoms with Gasteiger partial charge >= 0.3 is 0 Å². The average Bonchev–Trinajstić information content (AvgIpc) is 3.34. The van der Waals surface area contributed by atoms with Gasteiger partial charge in [0.2, 0.25) is 0 Å². The van der Waals surface area contributed by atoms with Crippen molar-refractivity contribution in [2.45, 2.75) is 19.9 Å². The summed E-state index contributed by atoms with van der Waals surface area (Å²) in [6.07, 6.45) is 0.878. The molecule has 0 radical (unpaired) electrons. The average molecular weight is 385 g/mol. The molecule has 1 fully saturated rings. The van der Waals surface area contributed by atoms with E-state index in [0.717, 1.165) is 31.1 Å². The molecule has 1 aromatic heterocycles. The first-order valence-electron chi connectivity index (χ1n) is 9.36. The first-order valence-corrected chi connectivity index (χ1v) is 9.36. The van der Waals surface area contributed by atoms with Gasteiger partial charge < -0.3 is 10.2 Å². The molecule has 0 bridgehead atoms. The van der Waals surface area contributed by atoms with Crippen LogP contribution in [0.25, 0.3) is 11.0 Å². The molecule has 0 saturated carbocycles. The zero-order chi connectivity index (χ0) is 19.7. The lowest BCUT2D eigenvalue weighted by Crippen LogP contribution is -2.31. The summed E-state index contributed by atoms with van der Waals surface area (Å²) in [7, 11) is 0. The Balaban J connectivity index is 1.35. The van der Waals surface area contributed by atoms with Gasteiger partial charge in [-0.1, -0.05) is 5.21 Å². The Morgan fingerprint density at radius 1 is 1.21 bits per heavy atom. The largest absolute Gasteiger partial charge is 0.371 e. The molecule has 0 aliphatic carbocycles. The summed E-state index contributed by atoms with van der Waals surface area (Å²) < 4.78 is 28.3. The second kappa shape index (κ2) is 7.53. The highest BCUT2D eigenvalue weighted by atomic mass is 19.2. The Bertz CT molecular complexity index is 1020. The van der Waals surface area contributed by atoms with E-state index in [2.05, 4.69) is 15.6 Å². The Hall–Kier alpha value is -3.03. The minimum Gasteiger partial charge on any atom is -0.371 e. The number of aryl methyl sites for hydroxylation is 1. The molecule has 2 aromatic carbocycles. The summed E-state index contributed by atoms with van der Waals surface area (Å²) >= 11 is 0. The zero-order valence-electron chi connectivity index (χ0n) is 15.5. The number of benzene rings is 2. The molecule has 1 aliphatic heterocycles. The van der Waals surface area contributed by atoms with Crippen molar-refractivity contribution < 1.29 is 13.6 Å². The highest BCUT2D eigenvalue weighted by molar-refractivity contribution is 5.97. The fourth-order valence-electron chi connectivity index (χ4n) is 3.60. The third-order valence-electron chi connectivity index (χ3n) is 5.18. The molecule has 1 aliphatic rings. The number of carbonyl (C=O) groups excluding carboxylic acids is 1. The second-order valence-corrected chi connectivity index (χ2v) is 7.02. The van der Waals surface area contributed by atoms with Gasteiger partial charge in [-0.2, -0.15) is 0 Å². The SMILES string of the molecule is CCn1nnc2cc(C(=O)NC[C@H]3CCN(c4ccc(F)c(F)c4)C3)ccc21. The summed E-state index contributed by atoms with van der Waals surface area (Å²) in [5.74, 6) is -1.59. The van der Waals surface area contributed by atoms with E-state index in [1.54, 1.807) is 22.9 Å². The Morgan fingerprint density at radius 3 is 2.86 bits per heavy atom. The maximum Gasteiger partial charge on any atom is 0.251 e. The van der Waals surface area contributed by atoms with Crippen LogP contribution >= 0.6 is 0 Å². The third kappa shape index (κ3) is 3.54. The van der Waals surface area contributed by atoms with Crippen molar-refractivity contribution in [3.63, 3.8) is 0 Å². The van der Waals surface area contributed by atoms with Crippen molar-refractivity contribution in [1.82, 2.24) is 20.3 Å². The number of nitrogens with one attached hydrogen (secondary N) is 1. The third-order valence-corrected chi connectivity index (χ3v) is 5.18. The molecule has 8 heteroatoms. The fourth-order valence-corrected chi connectivity index (χ4v) is 3.60. The number of hydrogen-bond acceptors (Lipinski definition) is 4. The predicted octanol–water partition coefficient (Wildman–Crippen LogP) is 2.99. The van der Waals surface area contributed by atoms with E-state index in [0.29, 0.717) is 29.9 Å². The Labute approximate surface area is 161 Å². The molecule has 3 aromatic rings. The van der Waals surface area contributed by atoms with Crippen LogP contribution in [0.15, 0.2) is 36.4 Å². The number of rotatable bonds is 5. The first-order chi connectivity index (χ1) is 13.5. The standard InChI is InChI=1S/C20H21F2N5O/c1-2-27-19-6-3-14(9-18(19)24-25-27)20(28)23-11-13-7-8-26(12-13)15-4-5-16(21)17(22)10-15/h3-6,9-10,13H,2,7-8,11-12H2,1H3,(H,23,28)/t13-/m1/s1. The van der Waals surface area contributed by atoms with E-state index in [-0.39, 0.29) is 11.8 Å². The lowest BCUT2D eigenvalue weighted by Gasteiger charge is -2.19. The molecule has 146 valence electrons. The summed E-state index contributed by atoms with van der Waals surface area (Å²) in [4.78, 5) is 14.5. The summed E-state index contributed by atoms with van der Waals surface area (Å²) in [6, 6.07) is 9.31. The number of hydrogen-bond donors (Lipinski definition) is 1. The smallest absolute Gasteiger partial charge is 0.251 e. The van der Waals surface area contributed by atoms with E-state index < -0.39 is 11.6 Å². The van der Waals surface area contributed by atoms with Gasteiger partial charge in [0, 0.05) is 43.5 Å². The Kier molecular flexibility index (Phi) is 4.93. The molecule has 1 N–H and O–H groups in total. The molecule has 4 rings (SSSR count). The number of carbonyl (C=O) groups is 1. The monoisotopic (exact) mass is 385 g/mol. The minimum atomic E-state index is -0.845. The van der Waals surface area contributed by atoms with Crippen molar-refractivity contribution in [2.24, 2.45) is 5.92 Å². The molecular weight excluding hydrogens is 364 g/mol. The normalized spacial score (nSPS) is 16.7. The van der Waals surface area contributed by atoms with Crippen LogP contribution < -0.4 is 10.2 Å². The molecule has 28 heavy (non-hydrogen) atoms. The molecule has 0 unspecified atom stereocenters.